The first kappa shape index (κ1) is 15.7. The van der Waals surface area contributed by atoms with Crippen LogP contribution < -0.4 is 5.32 Å². The van der Waals surface area contributed by atoms with E-state index in [1.807, 2.05) is 59.3 Å². The summed E-state index contributed by atoms with van der Waals surface area (Å²) in [7, 11) is 0. The Balaban J connectivity index is 1.67. The Kier molecular flexibility index (Phi) is 4.41. The van der Waals surface area contributed by atoms with Crippen molar-refractivity contribution in [2.45, 2.75) is 6.54 Å². The van der Waals surface area contributed by atoms with Crippen molar-refractivity contribution < 1.29 is 4.79 Å². The highest BCUT2D eigenvalue weighted by Gasteiger charge is 2.19. The lowest BCUT2D eigenvalue weighted by Gasteiger charge is -2.06. The van der Waals surface area contributed by atoms with E-state index in [1.165, 1.54) is 16.0 Å². The molecule has 0 radical (unpaired) electrons. The van der Waals surface area contributed by atoms with Crippen molar-refractivity contribution >= 4 is 34.5 Å². The van der Waals surface area contributed by atoms with Crippen LogP contribution in [0.4, 0.5) is 5.95 Å². The lowest BCUT2D eigenvalue weighted by molar-refractivity contribution is 0.0951. The van der Waals surface area contributed by atoms with Gasteiger partial charge in [-0.3, -0.25) is 4.79 Å². The van der Waals surface area contributed by atoms with Crippen LogP contribution in [0.2, 0.25) is 0 Å². The highest BCUT2D eigenvalue weighted by atomic mass is 32.1. The van der Waals surface area contributed by atoms with Gasteiger partial charge in [0.2, 0.25) is 5.95 Å². The van der Waals surface area contributed by atoms with Crippen molar-refractivity contribution in [2.75, 3.05) is 5.32 Å². The zero-order valence-electron chi connectivity index (χ0n) is 13.1. The van der Waals surface area contributed by atoms with Gasteiger partial charge in [0.15, 0.2) is 5.82 Å². The smallest absolute Gasteiger partial charge is 0.291 e. The number of hydrogen-bond donors (Lipinski definition) is 1. The summed E-state index contributed by atoms with van der Waals surface area (Å²) in [6.45, 7) is 0.571. The fourth-order valence-electron chi connectivity index (χ4n) is 2.36. The highest BCUT2D eigenvalue weighted by molar-refractivity contribution is 7.13. The van der Waals surface area contributed by atoms with Crippen molar-refractivity contribution in [2.24, 2.45) is 0 Å². The molecule has 0 bridgehead atoms. The third kappa shape index (κ3) is 3.38. The molecule has 5 nitrogen and oxygen atoms in total. The zero-order valence-corrected chi connectivity index (χ0v) is 14.8. The van der Waals surface area contributed by atoms with E-state index >= 15 is 0 Å². The van der Waals surface area contributed by atoms with Crippen molar-refractivity contribution in [3.63, 3.8) is 0 Å². The van der Waals surface area contributed by atoms with Gasteiger partial charge in [-0.05, 0) is 28.5 Å². The number of thiophene rings is 2. The maximum absolute atomic E-state index is 12.8. The number of carbonyl (C=O) groups excluding carboxylic acids is 1. The molecule has 0 aliphatic carbocycles. The van der Waals surface area contributed by atoms with Crippen molar-refractivity contribution in [1.82, 2.24) is 14.8 Å². The average molecular weight is 366 g/mol. The fraction of sp³-hybridized carbons (Fsp3) is 0.0556. The van der Waals surface area contributed by atoms with E-state index < -0.39 is 0 Å². The summed E-state index contributed by atoms with van der Waals surface area (Å²) in [5, 5.41) is 11.5. The summed E-state index contributed by atoms with van der Waals surface area (Å²) < 4.78 is 1.35. The van der Waals surface area contributed by atoms with E-state index in [9.17, 15) is 4.79 Å². The molecule has 0 aliphatic rings. The molecule has 0 saturated carbocycles. The van der Waals surface area contributed by atoms with Gasteiger partial charge in [-0.1, -0.05) is 42.5 Å². The number of benzene rings is 1. The lowest BCUT2D eigenvalue weighted by atomic mass is 10.2. The molecule has 0 spiro atoms. The van der Waals surface area contributed by atoms with Gasteiger partial charge < -0.3 is 5.32 Å². The maximum atomic E-state index is 12.8. The summed E-state index contributed by atoms with van der Waals surface area (Å²) in [5.74, 6) is 0.821. The molecule has 1 N–H and O–H groups in total. The standard InChI is InChI=1S/C18H14N4OS2/c23-17(15-9-5-11-25-15)22-18(19-12-13-6-2-1-3-7-13)20-16(21-22)14-8-4-10-24-14/h1-11H,12H2,(H,19,20,21). The van der Waals surface area contributed by atoms with Crippen LogP contribution in [0.15, 0.2) is 65.4 Å². The number of aromatic nitrogens is 3. The van der Waals surface area contributed by atoms with Gasteiger partial charge in [0.05, 0.1) is 9.75 Å². The SMILES string of the molecule is O=C(c1cccs1)n1nc(-c2cccs2)nc1NCc1ccccc1. The van der Waals surface area contributed by atoms with Crippen LogP contribution in [-0.2, 0) is 6.54 Å². The van der Waals surface area contributed by atoms with Crippen molar-refractivity contribution in [3.05, 3.63) is 75.8 Å². The predicted molar refractivity (Wildman–Crippen MR) is 101 cm³/mol. The predicted octanol–water partition coefficient (Wildman–Crippen LogP) is 4.37. The molecule has 0 amide bonds. The fourth-order valence-corrected chi connectivity index (χ4v) is 3.66. The van der Waals surface area contributed by atoms with E-state index in [0.29, 0.717) is 23.2 Å². The van der Waals surface area contributed by atoms with Crippen LogP contribution in [0, 0.1) is 0 Å². The first-order valence-electron chi connectivity index (χ1n) is 7.68. The lowest BCUT2D eigenvalue weighted by Crippen LogP contribution is -2.16. The number of nitrogens with one attached hydrogen (secondary N) is 1. The normalized spacial score (nSPS) is 10.7. The Morgan fingerprint density at radius 2 is 1.80 bits per heavy atom. The summed E-state index contributed by atoms with van der Waals surface area (Å²) in [5.41, 5.74) is 1.11. The zero-order chi connectivity index (χ0) is 17.1. The van der Waals surface area contributed by atoms with Gasteiger partial charge in [0.1, 0.15) is 0 Å². The Morgan fingerprint density at radius 1 is 1.00 bits per heavy atom. The molecular weight excluding hydrogens is 352 g/mol. The Bertz CT molecular complexity index is 960. The van der Waals surface area contributed by atoms with Crippen LogP contribution >= 0.6 is 22.7 Å². The quantitative estimate of drug-likeness (QED) is 0.570. The first-order chi connectivity index (χ1) is 12.3. The maximum Gasteiger partial charge on any atom is 0.291 e. The molecule has 7 heteroatoms. The van der Waals surface area contributed by atoms with Crippen LogP contribution in [0.5, 0.6) is 0 Å². The molecule has 0 fully saturated rings. The Hall–Kier alpha value is -2.77. The van der Waals surface area contributed by atoms with Crippen LogP contribution in [0.3, 0.4) is 0 Å². The molecule has 25 heavy (non-hydrogen) atoms. The number of nitrogens with zero attached hydrogens (tertiary/aromatic N) is 3. The monoisotopic (exact) mass is 366 g/mol. The van der Waals surface area contributed by atoms with Crippen LogP contribution in [0.25, 0.3) is 10.7 Å². The van der Waals surface area contributed by atoms with Gasteiger partial charge in [-0.2, -0.15) is 9.67 Å². The minimum absolute atomic E-state index is 0.180. The first-order valence-corrected chi connectivity index (χ1v) is 9.44. The van der Waals surface area contributed by atoms with Gasteiger partial charge >= 0.3 is 0 Å². The van der Waals surface area contributed by atoms with Gasteiger partial charge in [-0.25, -0.2) is 0 Å². The summed E-state index contributed by atoms with van der Waals surface area (Å²) in [4.78, 5) is 18.9. The van der Waals surface area contributed by atoms with Crippen molar-refractivity contribution in [1.29, 1.82) is 0 Å². The second-order valence-electron chi connectivity index (χ2n) is 5.27. The second kappa shape index (κ2) is 7.00. The van der Waals surface area contributed by atoms with E-state index in [0.717, 1.165) is 10.4 Å². The molecule has 124 valence electrons. The molecule has 0 atom stereocenters. The van der Waals surface area contributed by atoms with E-state index in [1.54, 1.807) is 17.4 Å². The van der Waals surface area contributed by atoms with E-state index in [-0.39, 0.29) is 5.91 Å². The molecule has 0 saturated heterocycles. The summed E-state index contributed by atoms with van der Waals surface area (Å²) in [6.07, 6.45) is 0. The summed E-state index contributed by atoms with van der Waals surface area (Å²) in [6, 6.07) is 17.5. The third-order valence-corrected chi connectivity index (χ3v) is 5.29. The molecule has 0 aliphatic heterocycles. The minimum Gasteiger partial charge on any atom is -0.350 e. The highest BCUT2D eigenvalue weighted by Crippen LogP contribution is 2.24. The number of anilines is 1. The average Bonchev–Trinajstić information content (AvgIpc) is 3.41. The molecule has 1 aromatic carbocycles. The number of carbonyl (C=O) groups is 1. The largest absolute Gasteiger partial charge is 0.350 e. The van der Waals surface area contributed by atoms with Gasteiger partial charge in [0, 0.05) is 6.54 Å². The topological polar surface area (TPSA) is 59.8 Å². The second-order valence-corrected chi connectivity index (χ2v) is 7.17. The molecule has 0 unspecified atom stereocenters. The molecule has 3 aromatic heterocycles. The Labute approximate surface area is 152 Å². The number of rotatable bonds is 5. The van der Waals surface area contributed by atoms with Crippen LogP contribution in [0.1, 0.15) is 15.2 Å². The molecule has 3 heterocycles. The Morgan fingerprint density at radius 3 is 2.52 bits per heavy atom. The molecule has 4 aromatic rings. The molecule has 4 rings (SSSR count). The van der Waals surface area contributed by atoms with Crippen LogP contribution in [-0.4, -0.2) is 20.7 Å². The summed E-state index contributed by atoms with van der Waals surface area (Å²) >= 11 is 2.94. The third-order valence-electron chi connectivity index (χ3n) is 3.57. The van der Waals surface area contributed by atoms with Crippen molar-refractivity contribution in [3.8, 4) is 10.7 Å². The number of hydrogen-bond acceptors (Lipinski definition) is 6. The molecular formula is C18H14N4OS2. The van der Waals surface area contributed by atoms with E-state index in [4.69, 9.17) is 0 Å². The van der Waals surface area contributed by atoms with Gasteiger partial charge in [-0.15, -0.1) is 27.8 Å². The van der Waals surface area contributed by atoms with E-state index in [2.05, 4.69) is 15.4 Å². The van der Waals surface area contributed by atoms with Gasteiger partial charge in [0.25, 0.3) is 5.91 Å². The minimum atomic E-state index is -0.180.